The summed E-state index contributed by atoms with van der Waals surface area (Å²) in [6, 6.07) is 0.194. The van der Waals surface area contributed by atoms with Crippen molar-refractivity contribution in [3.63, 3.8) is 0 Å². The summed E-state index contributed by atoms with van der Waals surface area (Å²) >= 11 is 0. The molecule has 0 unspecified atom stereocenters. The van der Waals surface area contributed by atoms with Crippen LogP contribution in [0.15, 0.2) is 17.8 Å². The van der Waals surface area contributed by atoms with Gasteiger partial charge in [-0.2, -0.15) is 5.10 Å². The zero-order valence-electron chi connectivity index (χ0n) is 8.71. The quantitative estimate of drug-likeness (QED) is 0.684. The third-order valence-electron chi connectivity index (χ3n) is 3.06. The van der Waals surface area contributed by atoms with Gasteiger partial charge in [-0.1, -0.05) is 20.4 Å². The molecule has 14 heavy (non-hydrogen) atoms. The Morgan fingerprint density at radius 2 is 2.36 bits per heavy atom. The van der Waals surface area contributed by atoms with Crippen LogP contribution in [0.25, 0.3) is 0 Å². The first-order chi connectivity index (χ1) is 6.53. The molecule has 3 nitrogen and oxygen atoms in total. The van der Waals surface area contributed by atoms with Crippen molar-refractivity contribution in [1.82, 2.24) is 5.43 Å². The normalized spacial score (nSPS) is 34.4. The molecule has 0 saturated heterocycles. The number of fused-ring (bicyclic) bond motifs is 1. The Kier molecular flexibility index (Phi) is 1.98. The number of hydrogen-bond donors (Lipinski definition) is 1. The Morgan fingerprint density at radius 1 is 1.64 bits per heavy atom. The molecular formula is C11H16N2O. The maximum atomic E-state index is 11.9. The van der Waals surface area contributed by atoms with Gasteiger partial charge in [-0.05, 0) is 17.9 Å². The van der Waals surface area contributed by atoms with E-state index in [2.05, 4.69) is 31.0 Å². The van der Waals surface area contributed by atoms with Crippen molar-refractivity contribution in [3.05, 3.63) is 12.7 Å². The highest BCUT2D eigenvalue weighted by molar-refractivity contribution is 6.12. The van der Waals surface area contributed by atoms with Gasteiger partial charge in [-0.3, -0.25) is 4.79 Å². The molecule has 0 aromatic heterocycles. The van der Waals surface area contributed by atoms with Crippen molar-refractivity contribution >= 4 is 11.5 Å². The second kappa shape index (κ2) is 2.94. The zero-order valence-corrected chi connectivity index (χ0v) is 8.71. The van der Waals surface area contributed by atoms with Crippen LogP contribution in [-0.2, 0) is 4.79 Å². The summed E-state index contributed by atoms with van der Waals surface area (Å²) in [5.41, 5.74) is 3.97. The number of nitrogens with zero attached hydrogens (tertiary/aromatic N) is 1. The van der Waals surface area contributed by atoms with Gasteiger partial charge in [0.05, 0.1) is 17.7 Å². The van der Waals surface area contributed by atoms with Crippen LogP contribution >= 0.6 is 0 Å². The van der Waals surface area contributed by atoms with E-state index in [9.17, 15) is 4.79 Å². The van der Waals surface area contributed by atoms with E-state index in [1.807, 2.05) is 0 Å². The highest BCUT2D eigenvalue weighted by atomic mass is 16.1. The first-order valence-corrected chi connectivity index (χ1v) is 5.02. The minimum Gasteiger partial charge on any atom is -0.306 e. The third-order valence-corrected chi connectivity index (χ3v) is 3.06. The summed E-state index contributed by atoms with van der Waals surface area (Å²) in [6.07, 6.45) is 3.35. The Balaban J connectivity index is 2.24. The molecule has 0 radical (unpaired) electrons. The Hall–Kier alpha value is -1.12. The summed E-state index contributed by atoms with van der Waals surface area (Å²) in [5, 5.41) is 4.14. The molecule has 1 saturated carbocycles. The fourth-order valence-electron chi connectivity index (χ4n) is 2.48. The fourth-order valence-corrected chi connectivity index (χ4v) is 2.48. The van der Waals surface area contributed by atoms with Crippen molar-refractivity contribution in [2.75, 3.05) is 0 Å². The maximum absolute atomic E-state index is 11.9. The number of allylic oxidation sites excluding steroid dienone is 1. The van der Waals surface area contributed by atoms with Crippen LogP contribution in [0.1, 0.15) is 26.7 Å². The van der Waals surface area contributed by atoms with E-state index in [1.165, 1.54) is 0 Å². The van der Waals surface area contributed by atoms with Gasteiger partial charge in [0.2, 0.25) is 0 Å². The van der Waals surface area contributed by atoms with Crippen molar-refractivity contribution in [2.45, 2.75) is 32.7 Å². The van der Waals surface area contributed by atoms with E-state index < -0.39 is 0 Å². The van der Waals surface area contributed by atoms with Crippen LogP contribution in [-0.4, -0.2) is 17.5 Å². The second-order valence-electron chi connectivity index (χ2n) is 4.97. The molecule has 76 valence electrons. The number of carbonyl (C=O) groups is 1. The van der Waals surface area contributed by atoms with Gasteiger partial charge < -0.3 is 5.43 Å². The number of rotatable bonds is 1. The predicted molar refractivity (Wildman–Crippen MR) is 56.1 cm³/mol. The molecule has 0 aromatic carbocycles. The van der Waals surface area contributed by atoms with E-state index in [1.54, 1.807) is 6.08 Å². The summed E-state index contributed by atoms with van der Waals surface area (Å²) in [7, 11) is 0. The Labute approximate surface area is 84.3 Å². The third kappa shape index (κ3) is 1.37. The molecule has 3 heteroatoms. The molecule has 2 aliphatic rings. The lowest BCUT2D eigenvalue weighted by Gasteiger charge is -2.35. The Bertz CT molecular complexity index is 317. The number of hydrazone groups is 1. The van der Waals surface area contributed by atoms with Gasteiger partial charge >= 0.3 is 0 Å². The number of nitrogens with one attached hydrogen (secondary N) is 1. The second-order valence-corrected chi connectivity index (χ2v) is 4.97. The number of Topliss-reactive ketones (excluding diaryl/α,β-unsaturated/α-hetero) is 1. The Morgan fingerprint density at radius 3 is 3.00 bits per heavy atom. The van der Waals surface area contributed by atoms with Crippen LogP contribution in [0.3, 0.4) is 0 Å². The van der Waals surface area contributed by atoms with Crippen molar-refractivity contribution in [1.29, 1.82) is 0 Å². The number of hydrogen-bond acceptors (Lipinski definition) is 3. The van der Waals surface area contributed by atoms with E-state index in [-0.39, 0.29) is 17.4 Å². The van der Waals surface area contributed by atoms with Crippen molar-refractivity contribution in [2.24, 2.45) is 16.4 Å². The van der Waals surface area contributed by atoms with Crippen LogP contribution in [0.2, 0.25) is 0 Å². The molecule has 0 amide bonds. The molecule has 2 rings (SSSR count). The maximum Gasteiger partial charge on any atom is 0.144 e. The molecule has 0 spiro atoms. The van der Waals surface area contributed by atoms with Gasteiger partial charge in [0.1, 0.15) is 5.78 Å². The summed E-state index contributed by atoms with van der Waals surface area (Å²) in [6.45, 7) is 7.95. The minimum atomic E-state index is -0.0412. The van der Waals surface area contributed by atoms with Crippen LogP contribution in [0, 0.1) is 11.3 Å². The lowest BCUT2D eigenvalue weighted by Crippen LogP contribution is -2.45. The number of ketones is 1. The van der Waals surface area contributed by atoms with Crippen LogP contribution < -0.4 is 5.43 Å². The first kappa shape index (κ1) is 9.44. The largest absolute Gasteiger partial charge is 0.306 e. The van der Waals surface area contributed by atoms with E-state index in [0.29, 0.717) is 12.2 Å². The first-order valence-electron chi connectivity index (χ1n) is 5.02. The molecule has 1 fully saturated rings. The van der Waals surface area contributed by atoms with E-state index in [4.69, 9.17) is 0 Å². The molecule has 1 heterocycles. The summed E-state index contributed by atoms with van der Waals surface area (Å²) in [4.78, 5) is 11.9. The molecule has 2 atom stereocenters. The molecule has 0 bridgehead atoms. The smallest absolute Gasteiger partial charge is 0.144 e. The number of carbonyl (C=O) groups excluding carboxylic acids is 1. The molecular weight excluding hydrogens is 176 g/mol. The zero-order chi connectivity index (χ0) is 10.3. The lowest BCUT2D eigenvalue weighted by atomic mass is 9.69. The van der Waals surface area contributed by atoms with Gasteiger partial charge in [0.25, 0.3) is 0 Å². The summed E-state index contributed by atoms with van der Waals surface area (Å²) < 4.78 is 0. The SMILES string of the molecule is C=CC1=NN[C@@H]2CC(C)(C)CC(=O)[C@@H]12. The lowest BCUT2D eigenvalue weighted by molar-refractivity contribution is -0.126. The van der Waals surface area contributed by atoms with Gasteiger partial charge in [-0.25, -0.2) is 0 Å². The topological polar surface area (TPSA) is 41.5 Å². The average molecular weight is 192 g/mol. The highest BCUT2D eigenvalue weighted by Crippen LogP contribution is 2.38. The molecule has 1 aliphatic carbocycles. The summed E-state index contributed by atoms with van der Waals surface area (Å²) in [5.74, 6) is 0.260. The van der Waals surface area contributed by atoms with E-state index >= 15 is 0 Å². The monoisotopic (exact) mass is 192 g/mol. The molecule has 1 N–H and O–H groups in total. The standard InChI is InChI=1S/C11H16N2O/c1-4-7-10-8(13-12-7)5-11(2,3)6-9(10)14/h4,8,10,13H,1,5-6H2,2-3H3/t8-,10+/m1/s1. The van der Waals surface area contributed by atoms with Crippen LogP contribution in [0.4, 0.5) is 0 Å². The average Bonchev–Trinajstić information content (AvgIpc) is 2.44. The fraction of sp³-hybridized carbons (Fsp3) is 0.636. The van der Waals surface area contributed by atoms with Crippen molar-refractivity contribution < 1.29 is 4.79 Å². The van der Waals surface area contributed by atoms with Crippen molar-refractivity contribution in [3.8, 4) is 0 Å². The van der Waals surface area contributed by atoms with E-state index in [0.717, 1.165) is 12.1 Å². The van der Waals surface area contributed by atoms with Crippen LogP contribution in [0.5, 0.6) is 0 Å². The van der Waals surface area contributed by atoms with Gasteiger partial charge in [0, 0.05) is 6.42 Å². The highest BCUT2D eigenvalue weighted by Gasteiger charge is 2.44. The molecule has 1 aliphatic heterocycles. The van der Waals surface area contributed by atoms with Gasteiger partial charge in [0.15, 0.2) is 0 Å². The minimum absolute atomic E-state index is 0.0412. The predicted octanol–water partition coefficient (Wildman–Crippen LogP) is 1.51. The molecule has 0 aromatic rings. The van der Waals surface area contributed by atoms with Gasteiger partial charge in [-0.15, -0.1) is 0 Å².